The van der Waals surface area contributed by atoms with E-state index in [-0.39, 0.29) is 18.8 Å². The Hall–Kier alpha value is -1.30. The van der Waals surface area contributed by atoms with E-state index in [1.165, 1.54) is 0 Å². The Kier molecular flexibility index (Phi) is 10.7. The van der Waals surface area contributed by atoms with Crippen LogP contribution in [0.4, 0.5) is 4.79 Å². The molecule has 0 fully saturated rings. The van der Waals surface area contributed by atoms with Crippen LogP contribution in [0.1, 0.15) is 73.6 Å². The number of hydrogen-bond donors (Lipinski definition) is 2. The largest absolute Gasteiger partial charge is 0.481 e. The van der Waals surface area contributed by atoms with Crippen LogP contribution in [-0.2, 0) is 14.3 Å². The fourth-order valence-corrected chi connectivity index (χ4v) is 2.23. The third-order valence-corrected chi connectivity index (χ3v) is 3.61. The number of carboxylic acid groups (broad SMARTS) is 1. The molecule has 0 heterocycles. The molecule has 0 bridgehead atoms. The number of ether oxygens (including phenoxy) is 2. The van der Waals surface area contributed by atoms with Crippen LogP contribution in [0.3, 0.4) is 0 Å². The van der Waals surface area contributed by atoms with Crippen LogP contribution in [0.15, 0.2) is 0 Å². The van der Waals surface area contributed by atoms with Crippen molar-refractivity contribution in [2.45, 2.75) is 91.4 Å². The predicted molar refractivity (Wildman–Crippen MR) is 94.1 cm³/mol. The van der Waals surface area contributed by atoms with Crippen LogP contribution in [0.25, 0.3) is 0 Å². The molecule has 3 atom stereocenters. The van der Waals surface area contributed by atoms with Gasteiger partial charge in [0.15, 0.2) is 0 Å². The number of hydrogen-bond acceptors (Lipinski definition) is 4. The van der Waals surface area contributed by atoms with Gasteiger partial charge in [-0.05, 0) is 41.0 Å². The maximum absolute atomic E-state index is 11.7. The van der Waals surface area contributed by atoms with E-state index in [2.05, 4.69) is 12.2 Å². The first-order valence-electron chi connectivity index (χ1n) is 8.90. The van der Waals surface area contributed by atoms with Crippen molar-refractivity contribution < 1.29 is 24.2 Å². The van der Waals surface area contributed by atoms with Gasteiger partial charge < -0.3 is 19.9 Å². The van der Waals surface area contributed by atoms with E-state index in [1.807, 2.05) is 6.92 Å². The zero-order chi connectivity index (χ0) is 18.8. The van der Waals surface area contributed by atoms with Gasteiger partial charge in [-0.15, -0.1) is 0 Å². The second-order valence-corrected chi connectivity index (χ2v) is 7.40. The molecule has 6 nitrogen and oxygen atoms in total. The van der Waals surface area contributed by atoms with E-state index in [9.17, 15) is 14.7 Å². The molecule has 1 amide bonds. The zero-order valence-corrected chi connectivity index (χ0v) is 16.1. The molecule has 6 heteroatoms. The molecule has 0 saturated heterocycles. The molecular formula is C18H35NO5. The summed E-state index contributed by atoms with van der Waals surface area (Å²) in [6, 6.07) is -0.251. The van der Waals surface area contributed by atoms with Gasteiger partial charge >= 0.3 is 12.1 Å². The van der Waals surface area contributed by atoms with Crippen LogP contribution >= 0.6 is 0 Å². The van der Waals surface area contributed by atoms with E-state index in [0.717, 1.165) is 25.7 Å². The number of carbonyl (C=O) groups excluding carboxylic acids is 1. The molecular weight excluding hydrogens is 310 g/mol. The van der Waals surface area contributed by atoms with Gasteiger partial charge in [0.2, 0.25) is 0 Å². The lowest BCUT2D eigenvalue weighted by molar-refractivity contribution is -0.147. The SMILES string of the molecule is CCCCCC[C@@H](OCC(C)NC(=O)OC(C)(C)C)[C@H](C)C(=O)O. The van der Waals surface area contributed by atoms with Gasteiger partial charge in [0.05, 0.1) is 24.7 Å². The van der Waals surface area contributed by atoms with Crippen LogP contribution in [0.2, 0.25) is 0 Å². The van der Waals surface area contributed by atoms with Gasteiger partial charge in [0, 0.05) is 0 Å². The number of alkyl carbamates (subject to hydrolysis) is 1. The quantitative estimate of drug-likeness (QED) is 0.553. The number of nitrogens with one attached hydrogen (secondary N) is 1. The van der Waals surface area contributed by atoms with Gasteiger partial charge in [0.25, 0.3) is 0 Å². The number of carboxylic acids is 1. The Morgan fingerprint density at radius 3 is 2.25 bits per heavy atom. The number of rotatable bonds is 11. The molecule has 0 radical (unpaired) electrons. The number of carbonyl (C=O) groups is 2. The summed E-state index contributed by atoms with van der Waals surface area (Å²) in [5, 5.41) is 11.9. The molecule has 24 heavy (non-hydrogen) atoms. The van der Waals surface area contributed by atoms with E-state index >= 15 is 0 Å². The Balaban J connectivity index is 4.36. The molecule has 0 spiro atoms. The second kappa shape index (κ2) is 11.3. The standard InChI is InChI=1S/C18H35NO5/c1-7-8-9-10-11-15(14(3)16(20)21)23-12-13(2)19-17(22)24-18(4,5)6/h13-15H,7-12H2,1-6H3,(H,19,22)(H,20,21)/t13?,14-,15+/m0/s1. The van der Waals surface area contributed by atoms with Crippen LogP contribution in [0.5, 0.6) is 0 Å². The molecule has 142 valence electrons. The minimum absolute atomic E-state index is 0.251. The predicted octanol–water partition coefficient (Wildman–Crippen LogP) is 3.98. The first-order valence-corrected chi connectivity index (χ1v) is 8.90. The fraction of sp³-hybridized carbons (Fsp3) is 0.889. The molecule has 0 aliphatic heterocycles. The van der Waals surface area contributed by atoms with Gasteiger partial charge in [-0.1, -0.05) is 32.6 Å². The molecule has 0 aromatic carbocycles. The van der Waals surface area contributed by atoms with Crippen LogP contribution in [-0.4, -0.2) is 41.5 Å². The highest BCUT2D eigenvalue weighted by atomic mass is 16.6. The van der Waals surface area contributed by atoms with Crippen LogP contribution < -0.4 is 5.32 Å². The fourth-order valence-electron chi connectivity index (χ4n) is 2.23. The second-order valence-electron chi connectivity index (χ2n) is 7.40. The summed E-state index contributed by atoms with van der Waals surface area (Å²) in [7, 11) is 0. The highest BCUT2D eigenvalue weighted by Crippen LogP contribution is 2.17. The Labute approximate surface area is 146 Å². The Bertz CT molecular complexity index is 378. The molecule has 1 unspecified atom stereocenters. The minimum atomic E-state index is -0.858. The van der Waals surface area contributed by atoms with Crippen molar-refractivity contribution in [1.29, 1.82) is 0 Å². The smallest absolute Gasteiger partial charge is 0.407 e. The van der Waals surface area contributed by atoms with Crippen molar-refractivity contribution in [2.75, 3.05) is 6.61 Å². The van der Waals surface area contributed by atoms with E-state index in [0.29, 0.717) is 6.42 Å². The zero-order valence-electron chi connectivity index (χ0n) is 16.1. The molecule has 0 aromatic heterocycles. The van der Waals surface area contributed by atoms with Gasteiger partial charge in [-0.3, -0.25) is 4.79 Å². The lowest BCUT2D eigenvalue weighted by Gasteiger charge is -2.25. The third-order valence-electron chi connectivity index (χ3n) is 3.61. The average molecular weight is 345 g/mol. The highest BCUT2D eigenvalue weighted by Gasteiger charge is 2.25. The highest BCUT2D eigenvalue weighted by molar-refractivity contribution is 5.70. The van der Waals surface area contributed by atoms with E-state index < -0.39 is 23.6 Å². The van der Waals surface area contributed by atoms with Crippen molar-refractivity contribution in [3.05, 3.63) is 0 Å². The summed E-state index contributed by atoms with van der Waals surface area (Å²) in [6.45, 7) is 11.3. The summed E-state index contributed by atoms with van der Waals surface area (Å²) >= 11 is 0. The van der Waals surface area contributed by atoms with Crippen molar-refractivity contribution in [3.8, 4) is 0 Å². The molecule has 0 rings (SSSR count). The Morgan fingerprint density at radius 2 is 1.75 bits per heavy atom. The van der Waals surface area contributed by atoms with Crippen molar-refractivity contribution in [1.82, 2.24) is 5.32 Å². The average Bonchev–Trinajstić information content (AvgIpc) is 2.43. The summed E-state index contributed by atoms with van der Waals surface area (Å²) in [5.74, 6) is -1.43. The van der Waals surface area contributed by atoms with Crippen molar-refractivity contribution >= 4 is 12.1 Å². The normalized spacial score (nSPS) is 15.4. The topological polar surface area (TPSA) is 84.9 Å². The monoisotopic (exact) mass is 345 g/mol. The maximum Gasteiger partial charge on any atom is 0.407 e. The van der Waals surface area contributed by atoms with E-state index in [1.54, 1.807) is 27.7 Å². The molecule has 0 aromatic rings. The number of aliphatic carboxylic acids is 1. The molecule has 0 aliphatic rings. The summed E-state index contributed by atoms with van der Waals surface area (Å²) < 4.78 is 11.0. The minimum Gasteiger partial charge on any atom is -0.481 e. The van der Waals surface area contributed by atoms with Gasteiger partial charge in [-0.25, -0.2) is 4.79 Å². The first kappa shape index (κ1) is 22.7. The van der Waals surface area contributed by atoms with Crippen molar-refractivity contribution in [3.63, 3.8) is 0 Å². The lowest BCUT2D eigenvalue weighted by Crippen LogP contribution is -2.41. The first-order chi connectivity index (χ1) is 11.1. The summed E-state index contributed by atoms with van der Waals surface area (Å²) in [6.07, 6.45) is 4.18. The van der Waals surface area contributed by atoms with Crippen molar-refractivity contribution in [2.24, 2.45) is 5.92 Å². The lowest BCUT2D eigenvalue weighted by atomic mass is 9.98. The number of amides is 1. The van der Waals surface area contributed by atoms with Gasteiger partial charge in [0.1, 0.15) is 5.60 Å². The maximum atomic E-state index is 11.7. The molecule has 0 aliphatic carbocycles. The molecule has 2 N–H and O–H groups in total. The van der Waals surface area contributed by atoms with E-state index in [4.69, 9.17) is 9.47 Å². The number of unbranched alkanes of at least 4 members (excludes halogenated alkanes) is 3. The summed E-state index contributed by atoms with van der Waals surface area (Å²) in [4.78, 5) is 23.0. The van der Waals surface area contributed by atoms with Gasteiger partial charge in [-0.2, -0.15) is 0 Å². The Morgan fingerprint density at radius 1 is 1.12 bits per heavy atom. The molecule has 0 saturated carbocycles. The summed E-state index contributed by atoms with van der Waals surface area (Å²) in [5.41, 5.74) is -0.551. The van der Waals surface area contributed by atoms with Crippen LogP contribution in [0, 0.1) is 5.92 Å². The third kappa shape index (κ3) is 11.3.